The van der Waals surface area contributed by atoms with Gasteiger partial charge in [-0.3, -0.25) is 9.59 Å². The Morgan fingerprint density at radius 3 is 2.42 bits per heavy atom. The molecule has 11 heteroatoms. The summed E-state index contributed by atoms with van der Waals surface area (Å²) in [5.74, 6) is -1.12. The van der Waals surface area contributed by atoms with E-state index in [-0.39, 0.29) is 50.1 Å². The number of carbonyl (C=O) groups excluding carboxylic acids is 2. The fourth-order valence-corrected chi connectivity index (χ4v) is 6.94. The minimum atomic E-state index is -4.59. The van der Waals surface area contributed by atoms with E-state index in [0.717, 1.165) is 52.5 Å². The number of carbonyl (C=O) groups is 2. The van der Waals surface area contributed by atoms with Gasteiger partial charge in [0.15, 0.2) is 5.82 Å². The van der Waals surface area contributed by atoms with Crippen molar-refractivity contribution in [2.75, 3.05) is 13.1 Å². The Morgan fingerprint density at radius 1 is 0.953 bits per heavy atom. The smallest absolute Gasteiger partial charge is 0.356 e. The predicted molar refractivity (Wildman–Crippen MR) is 155 cm³/mol. The third kappa shape index (κ3) is 5.77. The number of fused-ring (bicyclic) bond motifs is 2. The zero-order chi connectivity index (χ0) is 30.2. The molecule has 6 rings (SSSR count). The Morgan fingerprint density at radius 2 is 1.67 bits per heavy atom. The summed E-state index contributed by atoms with van der Waals surface area (Å²) < 4.78 is 42.9. The second-order valence-corrected chi connectivity index (χ2v) is 11.8. The minimum absolute atomic E-state index is 0.00347. The van der Waals surface area contributed by atoms with Crippen LogP contribution in [0, 0.1) is 12.3 Å². The lowest BCUT2D eigenvalue weighted by atomic mass is 9.78. The summed E-state index contributed by atoms with van der Waals surface area (Å²) in [6.45, 7) is 2.73. The van der Waals surface area contributed by atoms with Crippen LogP contribution in [0.2, 0.25) is 0 Å². The van der Waals surface area contributed by atoms with Gasteiger partial charge in [0.05, 0.1) is 12.1 Å². The van der Waals surface area contributed by atoms with E-state index in [9.17, 15) is 22.8 Å². The van der Waals surface area contributed by atoms with Crippen LogP contribution in [0.4, 0.5) is 13.2 Å². The van der Waals surface area contributed by atoms with Crippen LogP contribution in [0.5, 0.6) is 0 Å². The molecule has 0 atom stereocenters. The summed E-state index contributed by atoms with van der Waals surface area (Å²) in [4.78, 5) is 28.1. The molecule has 0 spiro atoms. The monoisotopic (exact) mass is 592 g/mol. The zero-order valence-corrected chi connectivity index (χ0v) is 24.2. The quantitative estimate of drug-likeness (QED) is 0.289. The molecule has 1 N–H and O–H groups in total. The molecule has 2 aliphatic rings. The van der Waals surface area contributed by atoms with Gasteiger partial charge < -0.3 is 19.4 Å². The van der Waals surface area contributed by atoms with Crippen LogP contribution in [0.25, 0.3) is 16.6 Å². The van der Waals surface area contributed by atoms with E-state index in [4.69, 9.17) is 0 Å². The summed E-state index contributed by atoms with van der Waals surface area (Å²) in [6, 6.07) is 18.5. The van der Waals surface area contributed by atoms with Crippen molar-refractivity contribution in [3.63, 3.8) is 0 Å². The van der Waals surface area contributed by atoms with Crippen molar-refractivity contribution in [3.05, 3.63) is 77.5 Å². The van der Waals surface area contributed by atoms with Gasteiger partial charge >= 0.3 is 6.18 Å². The molecule has 4 aromatic rings. The molecule has 1 aliphatic carbocycles. The maximum atomic E-state index is 13.3. The van der Waals surface area contributed by atoms with E-state index in [1.165, 1.54) is 5.56 Å². The van der Waals surface area contributed by atoms with Crippen LogP contribution in [-0.4, -0.2) is 49.1 Å². The molecule has 8 nitrogen and oxygen atoms in total. The van der Waals surface area contributed by atoms with Gasteiger partial charge in [0.1, 0.15) is 0 Å². The van der Waals surface area contributed by atoms with Crippen LogP contribution >= 0.6 is 0 Å². The fraction of sp³-hybridized carbons (Fsp3) is 0.438. The van der Waals surface area contributed by atoms with Crippen molar-refractivity contribution < 1.29 is 22.8 Å². The number of nitrogens with one attached hydrogen (secondary N) is 1. The lowest BCUT2D eigenvalue weighted by Crippen LogP contribution is -2.42. The van der Waals surface area contributed by atoms with Crippen molar-refractivity contribution in [1.29, 1.82) is 0 Å². The summed E-state index contributed by atoms with van der Waals surface area (Å²) in [6.07, 6.45) is -0.00907. The number of para-hydroxylation sites is 2. The van der Waals surface area contributed by atoms with Gasteiger partial charge in [-0.15, -0.1) is 10.2 Å². The number of aromatic nitrogens is 4. The SMILES string of the molecule is Cc1c(CCNC(=O)CC2(CC(=O)N3CCn4c(nnc4C(F)(F)F)C3)CCCC2)c2ccccc2n1-c1ccccc1. The molecule has 0 unspecified atom stereocenters. The average Bonchev–Trinajstić information content (AvgIpc) is 3.69. The van der Waals surface area contributed by atoms with Crippen LogP contribution < -0.4 is 5.32 Å². The fourth-order valence-electron chi connectivity index (χ4n) is 6.94. The van der Waals surface area contributed by atoms with Gasteiger partial charge in [-0.25, -0.2) is 0 Å². The molecule has 226 valence electrons. The van der Waals surface area contributed by atoms with Gasteiger partial charge in [-0.05, 0) is 55.4 Å². The molecule has 1 aliphatic heterocycles. The number of nitrogens with zero attached hydrogens (tertiary/aromatic N) is 5. The molecule has 0 saturated heterocycles. The minimum Gasteiger partial charge on any atom is -0.356 e. The molecule has 2 aromatic heterocycles. The Balaban J connectivity index is 1.09. The highest BCUT2D eigenvalue weighted by atomic mass is 19.4. The third-order valence-corrected chi connectivity index (χ3v) is 9.04. The summed E-state index contributed by atoms with van der Waals surface area (Å²) in [5.41, 5.74) is 4.11. The Hall–Kier alpha value is -4.15. The number of hydrogen-bond donors (Lipinski definition) is 1. The topological polar surface area (TPSA) is 85.1 Å². The van der Waals surface area contributed by atoms with Gasteiger partial charge in [0, 0.05) is 49.2 Å². The van der Waals surface area contributed by atoms with Gasteiger partial charge in [-0.1, -0.05) is 49.2 Å². The second-order valence-electron chi connectivity index (χ2n) is 11.8. The molecule has 1 saturated carbocycles. The van der Waals surface area contributed by atoms with E-state index in [0.29, 0.717) is 13.0 Å². The average molecular weight is 593 g/mol. The Labute approximate surface area is 247 Å². The lowest BCUT2D eigenvalue weighted by molar-refractivity contribution is -0.148. The van der Waals surface area contributed by atoms with Crippen molar-refractivity contribution in [2.45, 2.75) is 71.1 Å². The summed E-state index contributed by atoms with van der Waals surface area (Å²) >= 11 is 0. The highest BCUT2D eigenvalue weighted by Crippen LogP contribution is 2.44. The molecule has 0 bridgehead atoms. The number of hydrogen-bond acceptors (Lipinski definition) is 4. The third-order valence-electron chi connectivity index (χ3n) is 9.04. The van der Waals surface area contributed by atoms with Crippen molar-refractivity contribution >= 4 is 22.7 Å². The first-order chi connectivity index (χ1) is 20.7. The number of halogens is 3. The molecule has 2 amide bonds. The molecule has 0 radical (unpaired) electrons. The molecule has 3 heterocycles. The molecule has 1 fully saturated rings. The first-order valence-corrected chi connectivity index (χ1v) is 14.8. The van der Waals surface area contributed by atoms with E-state index in [2.05, 4.69) is 51.3 Å². The lowest BCUT2D eigenvalue weighted by Gasteiger charge is -2.33. The number of amides is 2. The molecule has 43 heavy (non-hydrogen) atoms. The maximum absolute atomic E-state index is 13.3. The van der Waals surface area contributed by atoms with Crippen molar-refractivity contribution in [3.8, 4) is 5.69 Å². The Bertz CT molecular complexity index is 1640. The predicted octanol–water partition coefficient (Wildman–Crippen LogP) is 5.59. The standard InChI is InChI=1S/C32H35F3N6O2/c1-22-24(25-11-5-6-12-26(25)41(22)23-9-3-2-4-10-23)13-16-36-28(42)19-31(14-7-8-15-31)20-29(43)39-17-18-40-27(21-39)37-38-30(40)32(33,34)35/h2-6,9-12H,7-8,13-21H2,1H3,(H,36,42). The first kappa shape index (κ1) is 28.9. The Kier molecular flexibility index (Phi) is 7.74. The first-order valence-electron chi connectivity index (χ1n) is 14.8. The normalized spacial score (nSPS) is 16.4. The highest BCUT2D eigenvalue weighted by molar-refractivity contribution is 5.87. The molecular formula is C32H35F3N6O2. The van der Waals surface area contributed by atoms with E-state index >= 15 is 0 Å². The highest BCUT2D eigenvalue weighted by Gasteiger charge is 2.42. The van der Waals surface area contributed by atoms with Crippen LogP contribution in [0.3, 0.4) is 0 Å². The second kappa shape index (κ2) is 11.5. The number of alkyl halides is 3. The van der Waals surface area contributed by atoms with E-state index < -0.39 is 17.4 Å². The van der Waals surface area contributed by atoms with Crippen molar-refractivity contribution in [2.24, 2.45) is 5.41 Å². The van der Waals surface area contributed by atoms with Gasteiger partial charge in [-0.2, -0.15) is 13.2 Å². The van der Waals surface area contributed by atoms with Crippen LogP contribution in [-0.2, 0) is 35.3 Å². The number of benzene rings is 2. The van der Waals surface area contributed by atoms with Crippen LogP contribution in [0.15, 0.2) is 54.6 Å². The summed E-state index contributed by atoms with van der Waals surface area (Å²) in [5, 5.41) is 11.3. The van der Waals surface area contributed by atoms with Crippen molar-refractivity contribution in [1.82, 2.24) is 29.5 Å². The van der Waals surface area contributed by atoms with E-state index in [1.54, 1.807) is 4.90 Å². The molecule has 2 aromatic carbocycles. The van der Waals surface area contributed by atoms with Gasteiger partial charge in [0.2, 0.25) is 17.6 Å². The largest absolute Gasteiger partial charge is 0.451 e. The summed E-state index contributed by atoms with van der Waals surface area (Å²) in [7, 11) is 0. The van der Waals surface area contributed by atoms with Gasteiger partial charge in [0.25, 0.3) is 0 Å². The van der Waals surface area contributed by atoms with Crippen LogP contribution in [0.1, 0.15) is 61.4 Å². The maximum Gasteiger partial charge on any atom is 0.451 e. The number of rotatable bonds is 8. The zero-order valence-electron chi connectivity index (χ0n) is 24.2. The van der Waals surface area contributed by atoms with E-state index in [1.807, 2.05) is 30.3 Å². The molecular weight excluding hydrogens is 557 g/mol.